The van der Waals surface area contributed by atoms with E-state index in [2.05, 4.69) is 5.32 Å². The van der Waals surface area contributed by atoms with Gasteiger partial charge in [0.15, 0.2) is 0 Å². The molecule has 1 saturated heterocycles. The number of aliphatic hydroxyl groups is 1. The molecule has 0 spiro atoms. The van der Waals surface area contributed by atoms with Gasteiger partial charge in [-0.2, -0.15) is 0 Å². The fourth-order valence-electron chi connectivity index (χ4n) is 3.08. The molecule has 2 N–H and O–H groups in total. The van der Waals surface area contributed by atoms with Crippen molar-refractivity contribution in [3.63, 3.8) is 0 Å². The molecule has 2 atom stereocenters. The lowest BCUT2D eigenvalue weighted by Gasteiger charge is -2.37. The Hall–Kier alpha value is -1.92. The van der Waals surface area contributed by atoms with Gasteiger partial charge < -0.3 is 20.1 Å². The number of amides is 2. The summed E-state index contributed by atoms with van der Waals surface area (Å²) in [5, 5.41) is 11.9. The van der Waals surface area contributed by atoms with E-state index in [-0.39, 0.29) is 30.4 Å². The molecule has 0 aliphatic carbocycles. The zero-order valence-electron chi connectivity index (χ0n) is 14.3. The summed E-state index contributed by atoms with van der Waals surface area (Å²) in [4.78, 5) is 25.6. The van der Waals surface area contributed by atoms with Crippen LogP contribution in [0.5, 0.6) is 0 Å². The molecular weight excluding hydrogens is 308 g/mol. The molecule has 24 heavy (non-hydrogen) atoms. The summed E-state index contributed by atoms with van der Waals surface area (Å²) in [7, 11) is 1.65. The molecule has 2 rings (SSSR count). The quantitative estimate of drug-likeness (QED) is 0.816. The van der Waals surface area contributed by atoms with Crippen LogP contribution in [0.25, 0.3) is 0 Å². The highest BCUT2D eigenvalue weighted by Gasteiger charge is 2.31. The molecular formula is C18H26N2O4. The number of ether oxygens (including phenoxy) is 1. The molecule has 1 heterocycles. The number of piperidine rings is 1. The molecule has 1 aliphatic rings. The first-order valence-electron chi connectivity index (χ1n) is 8.27. The third-order valence-electron chi connectivity index (χ3n) is 4.56. The third-order valence-corrected chi connectivity index (χ3v) is 4.56. The second-order valence-corrected chi connectivity index (χ2v) is 6.24. The molecule has 6 nitrogen and oxygen atoms in total. The predicted molar refractivity (Wildman–Crippen MR) is 90.0 cm³/mol. The topological polar surface area (TPSA) is 78.9 Å². The smallest absolute Gasteiger partial charge is 0.220 e. The van der Waals surface area contributed by atoms with Crippen molar-refractivity contribution in [3.8, 4) is 0 Å². The highest BCUT2D eigenvalue weighted by Crippen LogP contribution is 2.23. The van der Waals surface area contributed by atoms with Crippen molar-refractivity contribution in [2.24, 2.45) is 5.92 Å². The first kappa shape index (κ1) is 18.4. The first-order chi connectivity index (χ1) is 11.5. The Bertz CT molecular complexity index is 559. The van der Waals surface area contributed by atoms with Crippen molar-refractivity contribution < 1.29 is 19.4 Å². The van der Waals surface area contributed by atoms with Crippen LogP contribution < -0.4 is 5.32 Å². The van der Waals surface area contributed by atoms with E-state index in [4.69, 9.17) is 9.84 Å². The van der Waals surface area contributed by atoms with Crippen LogP contribution in [-0.2, 0) is 27.5 Å². The summed E-state index contributed by atoms with van der Waals surface area (Å²) in [6, 6.07) is 7.46. The standard InChI is InChI=1S/C18H26N2O4/c1-13(22)20-8-7-17(24-2)16(11-20)9-18(23)19-10-14-3-5-15(12-21)6-4-14/h3-6,16-17,21H,7-12H2,1-2H3,(H,19,23)/t16-,17-/m1/s1. The van der Waals surface area contributed by atoms with Crippen LogP contribution in [0.1, 0.15) is 30.9 Å². The fourth-order valence-corrected chi connectivity index (χ4v) is 3.08. The zero-order chi connectivity index (χ0) is 17.5. The van der Waals surface area contributed by atoms with Crippen LogP contribution in [0.15, 0.2) is 24.3 Å². The van der Waals surface area contributed by atoms with Gasteiger partial charge in [0.2, 0.25) is 11.8 Å². The van der Waals surface area contributed by atoms with Gasteiger partial charge in [-0.05, 0) is 17.5 Å². The molecule has 0 saturated carbocycles. The van der Waals surface area contributed by atoms with E-state index < -0.39 is 0 Å². The van der Waals surface area contributed by atoms with Crippen molar-refractivity contribution in [1.82, 2.24) is 10.2 Å². The summed E-state index contributed by atoms with van der Waals surface area (Å²) >= 11 is 0. The van der Waals surface area contributed by atoms with Crippen molar-refractivity contribution in [2.45, 2.75) is 39.0 Å². The number of benzene rings is 1. The molecule has 0 bridgehead atoms. The Morgan fingerprint density at radius 2 is 1.96 bits per heavy atom. The summed E-state index contributed by atoms with van der Waals surface area (Å²) in [6.45, 7) is 3.26. The lowest BCUT2D eigenvalue weighted by molar-refractivity contribution is -0.135. The Morgan fingerprint density at radius 3 is 2.54 bits per heavy atom. The number of aliphatic hydroxyl groups excluding tert-OH is 1. The zero-order valence-corrected chi connectivity index (χ0v) is 14.3. The normalized spacial score (nSPS) is 20.7. The number of methoxy groups -OCH3 is 1. The van der Waals surface area contributed by atoms with E-state index in [0.29, 0.717) is 26.1 Å². The Labute approximate surface area is 142 Å². The van der Waals surface area contributed by atoms with Crippen molar-refractivity contribution in [2.75, 3.05) is 20.2 Å². The minimum absolute atomic E-state index is 0.00943. The SMILES string of the molecule is CO[C@@H]1CCN(C(C)=O)C[C@H]1CC(=O)NCc1ccc(CO)cc1. The number of nitrogens with zero attached hydrogens (tertiary/aromatic N) is 1. The van der Waals surface area contributed by atoms with E-state index in [1.54, 1.807) is 18.9 Å². The highest BCUT2D eigenvalue weighted by atomic mass is 16.5. The summed E-state index contributed by atoms with van der Waals surface area (Å²) in [5.74, 6) is 0.0158. The number of rotatable bonds is 6. The lowest BCUT2D eigenvalue weighted by atomic mass is 9.91. The predicted octanol–water partition coefficient (Wildman–Crippen LogP) is 1.07. The summed E-state index contributed by atoms with van der Waals surface area (Å²) < 4.78 is 5.48. The molecule has 132 valence electrons. The molecule has 1 aromatic carbocycles. The number of likely N-dealkylation sites (tertiary alicyclic amines) is 1. The lowest BCUT2D eigenvalue weighted by Crippen LogP contribution is -2.47. The van der Waals surface area contributed by atoms with Crippen LogP contribution in [0.4, 0.5) is 0 Å². The van der Waals surface area contributed by atoms with E-state index in [1.807, 2.05) is 24.3 Å². The van der Waals surface area contributed by atoms with Gasteiger partial charge >= 0.3 is 0 Å². The minimum atomic E-state index is -0.0429. The molecule has 1 aromatic rings. The fraction of sp³-hybridized carbons (Fsp3) is 0.556. The average Bonchev–Trinajstić information content (AvgIpc) is 2.60. The van der Waals surface area contributed by atoms with Crippen LogP contribution in [-0.4, -0.2) is 48.1 Å². The van der Waals surface area contributed by atoms with Gasteiger partial charge in [0, 0.05) is 46.0 Å². The van der Waals surface area contributed by atoms with Crippen molar-refractivity contribution in [3.05, 3.63) is 35.4 Å². The van der Waals surface area contributed by atoms with Crippen LogP contribution >= 0.6 is 0 Å². The minimum Gasteiger partial charge on any atom is -0.392 e. The van der Waals surface area contributed by atoms with Crippen molar-refractivity contribution in [1.29, 1.82) is 0 Å². The van der Waals surface area contributed by atoms with Gasteiger partial charge in [0.1, 0.15) is 0 Å². The van der Waals surface area contributed by atoms with Crippen molar-refractivity contribution >= 4 is 11.8 Å². The maximum Gasteiger partial charge on any atom is 0.220 e. The Kier molecular flexibility index (Phi) is 6.75. The molecule has 1 fully saturated rings. The second kappa shape index (κ2) is 8.80. The largest absolute Gasteiger partial charge is 0.392 e. The second-order valence-electron chi connectivity index (χ2n) is 6.24. The molecule has 0 unspecified atom stereocenters. The van der Waals surface area contributed by atoms with Gasteiger partial charge in [0.25, 0.3) is 0 Å². The molecule has 2 amide bonds. The summed E-state index contributed by atoms with van der Waals surface area (Å²) in [5.41, 5.74) is 1.83. The monoisotopic (exact) mass is 334 g/mol. The van der Waals surface area contributed by atoms with Crippen LogP contribution in [0.2, 0.25) is 0 Å². The van der Waals surface area contributed by atoms with Gasteiger partial charge in [-0.1, -0.05) is 24.3 Å². The number of hydrogen-bond donors (Lipinski definition) is 2. The van der Waals surface area contributed by atoms with Crippen LogP contribution in [0.3, 0.4) is 0 Å². The Morgan fingerprint density at radius 1 is 1.29 bits per heavy atom. The average molecular weight is 334 g/mol. The van der Waals surface area contributed by atoms with E-state index in [1.165, 1.54) is 0 Å². The molecule has 0 aromatic heterocycles. The van der Waals surface area contributed by atoms with E-state index in [0.717, 1.165) is 17.5 Å². The molecule has 1 aliphatic heterocycles. The molecule has 0 radical (unpaired) electrons. The number of nitrogens with one attached hydrogen (secondary N) is 1. The van der Waals surface area contributed by atoms with E-state index in [9.17, 15) is 9.59 Å². The Balaban J connectivity index is 1.85. The van der Waals surface area contributed by atoms with Gasteiger partial charge in [-0.15, -0.1) is 0 Å². The van der Waals surface area contributed by atoms with E-state index >= 15 is 0 Å². The summed E-state index contributed by atoms with van der Waals surface area (Å²) in [6.07, 6.45) is 1.11. The van der Waals surface area contributed by atoms with Gasteiger partial charge in [-0.3, -0.25) is 9.59 Å². The number of carbonyl (C=O) groups is 2. The van der Waals surface area contributed by atoms with Gasteiger partial charge in [0.05, 0.1) is 12.7 Å². The number of carbonyl (C=O) groups excluding carboxylic acids is 2. The van der Waals surface area contributed by atoms with Gasteiger partial charge in [-0.25, -0.2) is 0 Å². The molecule has 6 heteroatoms. The highest BCUT2D eigenvalue weighted by molar-refractivity contribution is 5.77. The third kappa shape index (κ3) is 5.04. The number of hydrogen-bond acceptors (Lipinski definition) is 4. The maximum atomic E-state index is 12.2. The first-order valence-corrected chi connectivity index (χ1v) is 8.27. The van der Waals surface area contributed by atoms with Crippen LogP contribution in [0, 0.1) is 5.92 Å². The maximum absolute atomic E-state index is 12.2.